The third-order valence-corrected chi connectivity index (χ3v) is 7.86. The van der Waals surface area contributed by atoms with Gasteiger partial charge in [0.2, 0.25) is 15.9 Å². The van der Waals surface area contributed by atoms with E-state index in [4.69, 9.17) is 11.6 Å². The zero-order valence-corrected chi connectivity index (χ0v) is 17.5. The lowest BCUT2D eigenvalue weighted by atomic mass is 9.88. The van der Waals surface area contributed by atoms with Gasteiger partial charge in [0.05, 0.1) is 17.7 Å². The molecule has 3 rings (SSSR count). The number of benzene rings is 1. The molecule has 28 heavy (non-hydrogen) atoms. The Bertz CT molecular complexity index is 844. The number of nitrogens with zero attached hydrogens (tertiary/aromatic N) is 2. The lowest BCUT2D eigenvalue weighted by Gasteiger charge is -2.36. The van der Waals surface area contributed by atoms with Crippen LogP contribution in [0.25, 0.3) is 0 Å². The van der Waals surface area contributed by atoms with Crippen LogP contribution in [0.4, 0.5) is 0 Å². The number of piperazine rings is 1. The van der Waals surface area contributed by atoms with E-state index in [1.54, 1.807) is 4.90 Å². The van der Waals surface area contributed by atoms with Crippen molar-refractivity contribution in [3.05, 3.63) is 28.8 Å². The third-order valence-electron chi connectivity index (χ3n) is 5.48. The number of hydrogen-bond donors (Lipinski definition) is 0. The molecule has 0 spiro atoms. The first-order chi connectivity index (χ1) is 13.3. The van der Waals surface area contributed by atoms with Gasteiger partial charge in [-0.15, -0.1) is 0 Å². The normalized spacial score (nSPS) is 19.4. The fourth-order valence-corrected chi connectivity index (χ4v) is 5.79. The lowest BCUT2D eigenvalue weighted by molar-refractivity contribution is -0.137. The molecule has 0 atom stereocenters. The molecule has 1 heterocycles. The number of hydrogen-bond acceptors (Lipinski definition) is 5. The molecule has 9 heteroatoms. The van der Waals surface area contributed by atoms with Crippen LogP contribution in [0.3, 0.4) is 0 Å². The van der Waals surface area contributed by atoms with E-state index in [-0.39, 0.29) is 40.4 Å². The van der Waals surface area contributed by atoms with Gasteiger partial charge >= 0.3 is 5.97 Å². The highest BCUT2D eigenvalue weighted by Gasteiger charge is 2.34. The zero-order valence-electron chi connectivity index (χ0n) is 15.9. The Morgan fingerprint density at radius 1 is 1.07 bits per heavy atom. The van der Waals surface area contributed by atoms with Crippen LogP contribution >= 0.6 is 11.6 Å². The summed E-state index contributed by atoms with van der Waals surface area (Å²) < 4.78 is 31.9. The first kappa shape index (κ1) is 21.1. The van der Waals surface area contributed by atoms with E-state index in [0.29, 0.717) is 13.1 Å². The van der Waals surface area contributed by atoms with Crippen LogP contribution < -0.4 is 0 Å². The number of rotatable bonds is 4. The Hall–Kier alpha value is -1.64. The van der Waals surface area contributed by atoms with E-state index >= 15 is 0 Å². The molecule has 1 saturated carbocycles. The van der Waals surface area contributed by atoms with Gasteiger partial charge in [0.15, 0.2) is 0 Å². The van der Waals surface area contributed by atoms with Crippen LogP contribution in [0.1, 0.15) is 42.5 Å². The maximum atomic E-state index is 13.0. The minimum atomic E-state index is -3.80. The molecule has 154 valence electrons. The molecule has 2 fully saturated rings. The highest BCUT2D eigenvalue weighted by atomic mass is 35.5. The number of methoxy groups -OCH3 is 1. The van der Waals surface area contributed by atoms with Crippen molar-refractivity contribution in [2.24, 2.45) is 5.92 Å². The summed E-state index contributed by atoms with van der Waals surface area (Å²) in [5.41, 5.74) is 0.189. The van der Waals surface area contributed by atoms with Gasteiger partial charge in [0.25, 0.3) is 0 Å². The minimum absolute atomic E-state index is 0.0244. The molecule has 0 bridgehead atoms. The second-order valence-electron chi connectivity index (χ2n) is 7.20. The van der Waals surface area contributed by atoms with E-state index in [2.05, 4.69) is 4.74 Å². The van der Waals surface area contributed by atoms with Crippen molar-refractivity contribution in [3.63, 3.8) is 0 Å². The Balaban J connectivity index is 1.67. The Morgan fingerprint density at radius 2 is 1.71 bits per heavy atom. The van der Waals surface area contributed by atoms with Crippen LogP contribution in [-0.2, 0) is 19.6 Å². The molecule has 1 aromatic rings. The van der Waals surface area contributed by atoms with Crippen LogP contribution in [-0.4, -0.2) is 62.8 Å². The first-order valence-corrected chi connectivity index (χ1v) is 11.3. The van der Waals surface area contributed by atoms with E-state index in [1.165, 1.54) is 36.0 Å². The maximum absolute atomic E-state index is 13.0. The molecular weight excluding hydrogens is 404 g/mol. The second kappa shape index (κ2) is 8.80. The molecular formula is C19H25ClN2O5S. The number of amides is 1. The number of sulfonamides is 1. The predicted molar refractivity (Wildman–Crippen MR) is 105 cm³/mol. The summed E-state index contributed by atoms with van der Waals surface area (Å²) in [6.45, 7) is 1.23. The smallest absolute Gasteiger partial charge is 0.337 e. The topological polar surface area (TPSA) is 84.0 Å². The standard InChI is InChI=1S/C19H25ClN2O5S/c1-27-19(24)15-7-8-17(16(20)13-15)28(25,26)22-11-9-21(10-12-22)18(23)14-5-3-2-4-6-14/h7-8,13-14H,2-6,9-12H2,1H3. The van der Waals surface area contributed by atoms with E-state index < -0.39 is 16.0 Å². The van der Waals surface area contributed by atoms with E-state index in [1.807, 2.05) is 0 Å². The fourth-order valence-electron chi connectivity index (χ4n) is 3.85. The van der Waals surface area contributed by atoms with Gasteiger partial charge in [0.1, 0.15) is 4.90 Å². The van der Waals surface area contributed by atoms with Crippen molar-refractivity contribution < 1.29 is 22.7 Å². The molecule has 0 N–H and O–H groups in total. The highest BCUT2D eigenvalue weighted by molar-refractivity contribution is 7.89. The first-order valence-electron chi connectivity index (χ1n) is 9.51. The van der Waals surface area contributed by atoms with Crippen molar-refractivity contribution in [1.82, 2.24) is 9.21 Å². The molecule has 0 aromatic heterocycles. The van der Waals surface area contributed by atoms with Gasteiger partial charge in [-0.2, -0.15) is 4.31 Å². The summed E-state index contributed by atoms with van der Waals surface area (Å²) >= 11 is 6.14. The highest BCUT2D eigenvalue weighted by Crippen LogP contribution is 2.29. The fraction of sp³-hybridized carbons (Fsp3) is 0.579. The largest absolute Gasteiger partial charge is 0.465 e. The number of ether oxygens (including phenoxy) is 1. The molecule has 1 aliphatic carbocycles. The summed E-state index contributed by atoms with van der Waals surface area (Å²) in [6, 6.07) is 4.00. The molecule has 1 amide bonds. The maximum Gasteiger partial charge on any atom is 0.337 e. The van der Waals surface area contributed by atoms with Crippen molar-refractivity contribution in [3.8, 4) is 0 Å². The summed E-state index contributed by atoms with van der Waals surface area (Å²) in [7, 11) is -2.56. The molecule has 0 radical (unpaired) electrons. The monoisotopic (exact) mass is 428 g/mol. The van der Waals surface area contributed by atoms with Gasteiger partial charge < -0.3 is 9.64 Å². The van der Waals surface area contributed by atoms with Crippen LogP contribution in [0.5, 0.6) is 0 Å². The average Bonchev–Trinajstić information content (AvgIpc) is 2.73. The molecule has 0 unspecified atom stereocenters. The lowest BCUT2D eigenvalue weighted by Crippen LogP contribution is -2.52. The van der Waals surface area contributed by atoms with Gasteiger partial charge in [-0.1, -0.05) is 30.9 Å². The minimum Gasteiger partial charge on any atom is -0.465 e. The molecule has 2 aliphatic rings. The Morgan fingerprint density at radius 3 is 2.29 bits per heavy atom. The summed E-state index contributed by atoms with van der Waals surface area (Å²) in [5.74, 6) is -0.352. The van der Waals surface area contributed by atoms with Crippen LogP contribution in [0, 0.1) is 5.92 Å². The summed E-state index contributed by atoms with van der Waals surface area (Å²) in [6.07, 6.45) is 5.22. The van der Waals surface area contributed by atoms with Gasteiger partial charge in [-0.25, -0.2) is 13.2 Å². The van der Waals surface area contributed by atoms with Gasteiger partial charge in [-0.05, 0) is 31.0 Å². The van der Waals surface area contributed by atoms with Crippen molar-refractivity contribution >= 4 is 33.5 Å². The SMILES string of the molecule is COC(=O)c1ccc(S(=O)(=O)N2CCN(C(=O)C3CCCCC3)CC2)c(Cl)c1. The Kier molecular flexibility index (Phi) is 6.62. The number of esters is 1. The Labute approximate surface area is 170 Å². The van der Waals surface area contributed by atoms with Crippen molar-refractivity contribution in [2.75, 3.05) is 33.3 Å². The zero-order chi connectivity index (χ0) is 20.3. The predicted octanol–water partition coefficient (Wildman–Crippen LogP) is 2.54. The third kappa shape index (κ3) is 4.34. The van der Waals surface area contributed by atoms with Gasteiger partial charge in [-0.3, -0.25) is 4.79 Å². The molecule has 1 aromatic carbocycles. The quantitative estimate of drug-likeness (QED) is 0.688. The number of carbonyl (C=O) groups excluding carboxylic acids is 2. The number of halogens is 1. The van der Waals surface area contributed by atoms with E-state index in [9.17, 15) is 18.0 Å². The molecule has 7 nitrogen and oxygen atoms in total. The number of carbonyl (C=O) groups is 2. The summed E-state index contributed by atoms with van der Waals surface area (Å²) in [4.78, 5) is 26.0. The van der Waals surface area contributed by atoms with E-state index in [0.717, 1.165) is 25.7 Å². The van der Waals surface area contributed by atoms with Crippen molar-refractivity contribution in [2.45, 2.75) is 37.0 Å². The van der Waals surface area contributed by atoms with Gasteiger partial charge in [0, 0.05) is 32.1 Å². The molecule has 1 aliphatic heterocycles. The second-order valence-corrected chi connectivity index (χ2v) is 9.51. The molecule has 1 saturated heterocycles. The summed E-state index contributed by atoms with van der Waals surface area (Å²) in [5, 5.41) is -0.0244. The average molecular weight is 429 g/mol. The van der Waals surface area contributed by atoms with Crippen LogP contribution in [0.2, 0.25) is 5.02 Å². The van der Waals surface area contributed by atoms with Crippen molar-refractivity contribution in [1.29, 1.82) is 0 Å². The van der Waals surface area contributed by atoms with Crippen LogP contribution in [0.15, 0.2) is 23.1 Å².